The maximum Gasteiger partial charge on any atom is 0.0367 e. The zero-order valence-corrected chi connectivity index (χ0v) is 11.4. The highest BCUT2D eigenvalue weighted by Crippen LogP contribution is 2.15. The lowest BCUT2D eigenvalue weighted by Gasteiger charge is -2.37. The second-order valence-electron chi connectivity index (χ2n) is 5.17. The van der Waals surface area contributed by atoms with Crippen molar-refractivity contribution in [1.29, 1.82) is 0 Å². The van der Waals surface area contributed by atoms with E-state index in [4.69, 9.17) is 5.73 Å². The van der Waals surface area contributed by atoms with Crippen LogP contribution >= 0.6 is 0 Å². The minimum Gasteiger partial charge on any atom is -0.369 e. The van der Waals surface area contributed by atoms with Gasteiger partial charge in [0.1, 0.15) is 0 Å². The van der Waals surface area contributed by atoms with Gasteiger partial charge in [0.15, 0.2) is 0 Å². The van der Waals surface area contributed by atoms with Crippen LogP contribution in [0.2, 0.25) is 0 Å². The SMILES string of the molecule is CCCC(N)CN1CCN(c2ccccc2)CC1. The largest absolute Gasteiger partial charge is 0.369 e. The predicted molar refractivity (Wildman–Crippen MR) is 78.0 cm³/mol. The smallest absolute Gasteiger partial charge is 0.0367 e. The number of benzene rings is 1. The molecular weight excluding hydrogens is 222 g/mol. The van der Waals surface area contributed by atoms with E-state index in [0.29, 0.717) is 6.04 Å². The molecule has 1 aliphatic rings. The maximum atomic E-state index is 6.11. The van der Waals surface area contributed by atoms with Gasteiger partial charge >= 0.3 is 0 Å². The van der Waals surface area contributed by atoms with Crippen molar-refractivity contribution in [3.8, 4) is 0 Å². The molecule has 1 heterocycles. The molecule has 1 aromatic rings. The summed E-state index contributed by atoms with van der Waals surface area (Å²) in [5.74, 6) is 0. The number of nitrogens with two attached hydrogens (primary N) is 1. The molecule has 0 saturated carbocycles. The van der Waals surface area contributed by atoms with Crippen LogP contribution in [0.25, 0.3) is 0 Å². The van der Waals surface area contributed by atoms with Crippen LogP contribution in [0.3, 0.4) is 0 Å². The van der Waals surface area contributed by atoms with Gasteiger partial charge in [-0.2, -0.15) is 0 Å². The van der Waals surface area contributed by atoms with Crippen molar-refractivity contribution in [2.75, 3.05) is 37.6 Å². The number of nitrogens with zero attached hydrogens (tertiary/aromatic N) is 2. The van der Waals surface area contributed by atoms with Crippen LogP contribution in [0, 0.1) is 0 Å². The molecular formula is C15H25N3. The molecule has 1 aliphatic heterocycles. The molecule has 0 aliphatic carbocycles. The van der Waals surface area contributed by atoms with Crippen molar-refractivity contribution >= 4 is 5.69 Å². The van der Waals surface area contributed by atoms with Crippen molar-refractivity contribution in [2.24, 2.45) is 5.73 Å². The molecule has 0 spiro atoms. The van der Waals surface area contributed by atoms with E-state index in [1.165, 1.54) is 12.1 Å². The van der Waals surface area contributed by atoms with Crippen LogP contribution in [0.1, 0.15) is 19.8 Å². The van der Waals surface area contributed by atoms with Gasteiger partial charge in [-0.25, -0.2) is 0 Å². The van der Waals surface area contributed by atoms with Crippen LogP contribution in [0.4, 0.5) is 5.69 Å². The van der Waals surface area contributed by atoms with E-state index in [9.17, 15) is 0 Å². The zero-order valence-electron chi connectivity index (χ0n) is 11.4. The number of anilines is 1. The zero-order chi connectivity index (χ0) is 12.8. The molecule has 2 N–H and O–H groups in total. The Morgan fingerprint density at radius 1 is 1.11 bits per heavy atom. The summed E-state index contributed by atoms with van der Waals surface area (Å²) in [6, 6.07) is 11.0. The van der Waals surface area contributed by atoms with Crippen molar-refractivity contribution in [3.63, 3.8) is 0 Å². The molecule has 1 aromatic carbocycles. The van der Waals surface area contributed by atoms with Gasteiger partial charge in [0, 0.05) is 44.5 Å². The first-order valence-electron chi connectivity index (χ1n) is 7.07. The summed E-state index contributed by atoms with van der Waals surface area (Å²) in [5.41, 5.74) is 7.45. The van der Waals surface area contributed by atoms with E-state index in [1.807, 2.05) is 0 Å². The van der Waals surface area contributed by atoms with Gasteiger partial charge in [0.05, 0.1) is 0 Å². The first-order valence-corrected chi connectivity index (χ1v) is 7.07. The van der Waals surface area contributed by atoms with E-state index in [1.54, 1.807) is 0 Å². The third kappa shape index (κ3) is 3.72. The van der Waals surface area contributed by atoms with Crippen molar-refractivity contribution < 1.29 is 0 Å². The summed E-state index contributed by atoms with van der Waals surface area (Å²) in [6.07, 6.45) is 2.32. The van der Waals surface area contributed by atoms with Crippen LogP contribution < -0.4 is 10.6 Å². The number of para-hydroxylation sites is 1. The molecule has 0 radical (unpaired) electrons. The van der Waals surface area contributed by atoms with Crippen molar-refractivity contribution in [1.82, 2.24) is 4.90 Å². The Morgan fingerprint density at radius 2 is 1.78 bits per heavy atom. The molecule has 18 heavy (non-hydrogen) atoms. The lowest BCUT2D eigenvalue weighted by Crippen LogP contribution is -2.49. The Kier molecular flexibility index (Phi) is 5.02. The van der Waals surface area contributed by atoms with Crippen LogP contribution in [0.15, 0.2) is 30.3 Å². The summed E-state index contributed by atoms with van der Waals surface area (Å²) in [5, 5.41) is 0. The molecule has 100 valence electrons. The van der Waals surface area contributed by atoms with E-state index in [2.05, 4.69) is 47.1 Å². The molecule has 3 nitrogen and oxygen atoms in total. The van der Waals surface area contributed by atoms with Gasteiger partial charge in [-0.15, -0.1) is 0 Å². The van der Waals surface area contributed by atoms with Gasteiger partial charge in [-0.3, -0.25) is 4.90 Å². The number of piperazine rings is 1. The molecule has 0 amide bonds. The third-order valence-electron chi connectivity index (χ3n) is 3.65. The first kappa shape index (κ1) is 13.4. The van der Waals surface area contributed by atoms with E-state index in [0.717, 1.165) is 39.1 Å². The van der Waals surface area contributed by atoms with E-state index >= 15 is 0 Å². The Bertz CT molecular complexity index is 331. The van der Waals surface area contributed by atoms with E-state index in [-0.39, 0.29) is 0 Å². The fourth-order valence-electron chi connectivity index (χ4n) is 2.62. The summed E-state index contributed by atoms with van der Waals surface area (Å²) in [6.45, 7) is 7.74. The van der Waals surface area contributed by atoms with Gasteiger partial charge in [-0.1, -0.05) is 31.5 Å². The second kappa shape index (κ2) is 6.76. The van der Waals surface area contributed by atoms with Gasteiger partial charge in [0.25, 0.3) is 0 Å². The maximum absolute atomic E-state index is 6.11. The predicted octanol–water partition coefficient (Wildman–Crippen LogP) is 1.94. The average Bonchev–Trinajstić information content (AvgIpc) is 2.41. The fraction of sp³-hybridized carbons (Fsp3) is 0.600. The summed E-state index contributed by atoms with van der Waals surface area (Å²) in [7, 11) is 0. The highest BCUT2D eigenvalue weighted by Gasteiger charge is 2.18. The van der Waals surface area contributed by atoms with Gasteiger partial charge in [-0.05, 0) is 18.6 Å². The lowest BCUT2D eigenvalue weighted by atomic mass is 10.1. The van der Waals surface area contributed by atoms with Crippen LogP contribution in [0.5, 0.6) is 0 Å². The molecule has 1 fully saturated rings. The fourth-order valence-corrected chi connectivity index (χ4v) is 2.62. The molecule has 3 heteroatoms. The van der Waals surface area contributed by atoms with Gasteiger partial charge in [0.2, 0.25) is 0 Å². The standard InChI is InChI=1S/C15H25N3/c1-2-6-14(16)13-17-9-11-18(12-10-17)15-7-4-3-5-8-15/h3-5,7-8,14H,2,6,9-13,16H2,1H3. The van der Waals surface area contributed by atoms with Gasteiger partial charge < -0.3 is 10.6 Å². The molecule has 1 unspecified atom stereocenters. The van der Waals surface area contributed by atoms with Crippen molar-refractivity contribution in [2.45, 2.75) is 25.8 Å². The Labute approximate surface area is 111 Å². The topological polar surface area (TPSA) is 32.5 Å². The highest BCUT2D eigenvalue weighted by atomic mass is 15.3. The molecule has 1 saturated heterocycles. The summed E-state index contributed by atoms with van der Waals surface area (Å²) >= 11 is 0. The van der Waals surface area contributed by atoms with Crippen LogP contribution in [-0.2, 0) is 0 Å². The lowest BCUT2D eigenvalue weighted by molar-refractivity contribution is 0.238. The number of hydrogen-bond acceptors (Lipinski definition) is 3. The van der Waals surface area contributed by atoms with Crippen LogP contribution in [-0.4, -0.2) is 43.7 Å². The Hall–Kier alpha value is -1.06. The molecule has 0 aromatic heterocycles. The monoisotopic (exact) mass is 247 g/mol. The average molecular weight is 247 g/mol. The minimum atomic E-state index is 0.346. The minimum absolute atomic E-state index is 0.346. The third-order valence-corrected chi connectivity index (χ3v) is 3.65. The molecule has 0 bridgehead atoms. The molecule has 1 atom stereocenters. The Balaban J connectivity index is 1.78. The number of rotatable bonds is 5. The quantitative estimate of drug-likeness (QED) is 0.863. The molecule has 2 rings (SSSR count). The normalized spacial score (nSPS) is 18.9. The Morgan fingerprint density at radius 3 is 2.39 bits per heavy atom. The highest BCUT2D eigenvalue weighted by molar-refractivity contribution is 5.46. The summed E-state index contributed by atoms with van der Waals surface area (Å²) < 4.78 is 0. The van der Waals surface area contributed by atoms with E-state index < -0.39 is 0 Å². The number of hydrogen-bond donors (Lipinski definition) is 1. The first-order chi connectivity index (χ1) is 8.79. The van der Waals surface area contributed by atoms with Crippen molar-refractivity contribution in [3.05, 3.63) is 30.3 Å². The summed E-state index contributed by atoms with van der Waals surface area (Å²) in [4.78, 5) is 4.96. The second-order valence-corrected chi connectivity index (χ2v) is 5.17.